The van der Waals surface area contributed by atoms with Gasteiger partial charge in [-0.3, -0.25) is 0 Å². The SMILES string of the molecule is Cc1cc(F)c(-c2cc(F)c(C)c(F)c2)c(F)c1.Cc1ccc(-c2c(F)cc(C)cc2F)cc1.Cc1ccc(-c2ccc(C)c(F)c2)c(F)c1. The highest BCUT2D eigenvalue weighted by molar-refractivity contribution is 5.67. The molecule has 0 aromatic heterocycles. The Morgan fingerprint density at radius 1 is 0.300 bits per heavy atom. The van der Waals surface area contributed by atoms with Crippen LogP contribution in [-0.4, -0.2) is 0 Å². The molecule has 0 fully saturated rings. The molecule has 0 atom stereocenters. The van der Waals surface area contributed by atoms with E-state index in [1.54, 1.807) is 44.2 Å². The van der Waals surface area contributed by atoms with Gasteiger partial charge in [-0.2, -0.15) is 0 Å². The van der Waals surface area contributed by atoms with Gasteiger partial charge in [-0.25, -0.2) is 35.1 Å². The molecule has 6 aromatic rings. The van der Waals surface area contributed by atoms with Crippen molar-refractivity contribution in [3.63, 3.8) is 0 Å². The minimum atomic E-state index is -0.838. The van der Waals surface area contributed by atoms with Crippen LogP contribution in [0.4, 0.5) is 35.1 Å². The van der Waals surface area contributed by atoms with E-state index in [0.29, 0.717) is 33.4 Å². The van der Waals surface area contributed by atoms with Crippen LogP contribution in [0, 0.1) is 88.1 Å². The Hall–Kier alpha value is -5.24. The molecular formula is C42H34F8. The smallest absolute Gasteiger partial charge is 0.134 e. The van der Waals surface area contributed by atoms with Gasteiger partial charge in [-0.1, -0.05) is 54.1 Å². The van der Waals surface area contributed by atoms with E-state index in [4.69, 9.17) is 0 Å². The molecule has 6 rings (SSSR count). The Morgan fingerprint density at radius 3 is 1.16 bits per heavy atom. The van der Waals surface area contributed by atoms with Gasteiger partial charge in [-0.15, -0.1) is 0 Å². The van der Waals surface area contributed by atoms with E-state index in [1.807, 2.05) is 32.0 Å². The van der Waals surface area contributed by atoms with Crippen molar-refractivity contribution >= 4 is 0 Å². The number of aryl methyl sites for hydroxylation is 5. The van der Waals surface area contributed by atoms with Gasteiger partial charge in [0.2, 0.25) is 0 Å². The normalized spacial score (nSPS) is 10.6. The monoisotopic (exact) mass is 690 g/mol. The predicted molar refractivity (Wildman–Crippen MR) is 184 cm³/mol. The third kappa shape index (κ3) is 9.05. The van der Waals surface area contributed by atoms with Crippen LogP contribution in [0.5, 0.6) is 0 Å². The summed E-state index contributed by atoms with van der Waals surface area (Å²) >= 11 is 0. The molecule has 6 aromatic carbocycles. The zero-order valence-corrected chi connectivity index (χ0v) is 28.3. The highest BCUT2D eigenvalue weighted by Crippen LogP contribution is 2.30. The quantitative estimate of drug-likeness (QED) is 0.162. The van der Waals surface area contributed by atoms with Crippen molar-refractivity contribution in [2.24, 2.45) is 0 Å². The fourth-order valence-corrected chi connectivity index (χ4v) is 5.08. The van der Waals surface area contributed by atoms with Crippen LogP contribution in [0.2, 0.25) is 0 Å². The summed E-state index contributed by atoms with van der Waals surface area (Å²) in [5.74, 6) is -4.98. The van der Waals surface area contributed by atoms with Gasteiger partial charge in [0.25, 0.3) is 0 Å². The van der Waals surface area contributed by atoms with E-state index in [2.05, 4.69) is 0 Å². The second-order valence-electron chi connectivity index (χ2n) is 12.1. The van der Waals surface area contributed by atoms with Gasteiger partial charge in [0.1, 0.15) is 46.5 Å². The molecule has 0 unspecified atom stereocenters. The number of hydrogen-bond acceptors (Lipinski definition) is 0. The van der Waals surface area contributed by atoms with Crippen molar-refractivity contribution in [1.82, 2.24) is 0 Å². The molecule has 258 valence electrons. The van der Waals surface area contributed by atoms with Gasteiger partial charge in [0.15, 0.2) is 0 Å². The van der Waals surface area contributed by atoms with Crippen molar-refractivity contribution in [2.75, 3.05) is 0 Å². The number of rotatable bonds is 3. The van der Waals surface area contributed by atoms with Gasteiger partial charge < -0.3 is 0 Å². The Labute approximate surface area is 286 Å². The van der Waals surface area contributed by atoms with Crippen LogP contribution in [0.15, 0.2) is 97.1 Å². The summed E-state index contributed by atoms with van der Waals surface area (Å²) in [4.78, 5) is 0. The largest absolute Gasteiger partial charge is 0.207 e. The lowest BCUT2D eigenvalue weighted by molar-refractivity contribution is 0.566. The molecular weight excluding hydrogens is 656 g/mol. The maximum atomic E-state index is 13.7. The van der Waals surface area contributed by atoms with Crippen molar-refractivity contribution < 1.29 is 35.1 Å². The van der Waals surface area contributed by atoms with Crippen molar-refractivity contribution in [3.8, 4) is 33.4 Å². The molecule has 8 heteroatoms. The van der Waals surface area contributed by atoms with Crippen LogP contribution in [0.25, 0.3) is 33.4 Å². The van der Waals surface area contributed by atoms with Gasteiger partial charge in [0.05, 0.1) is 11.1 Å². The second-order valence-corrected chi connectivity index (χ2v) is 12.1. The molecule has 0 radical (unpaired) electrons. The summed E-state index contributed by atoms with van der Waals surface area (Å²) in [6.45, 7) is 9.91. The molecule has 0 aliphatic carbocycles. The molecule has 50 heavy (non-hydrogen) atoms. The van der Waals surface area contributed by atoms with E-state index in [1.165, 1.54) is 38.1 Å². The highest BCUT2D eigenvalue weighted by Gasteiger charge is 2.16. The average Bonchev–Trinajstić information content (AvgIpc) is 3.02. The highest BCUT2D eigenvalue weighted by atomic mass is 19.2. The molecule has 0 aliphatic rings. The summed E-state index contributed by atoms with van der Waals surface area (Å²) in [7, 11) is 0. The first-order valence-corrected chi connectivity index (χ1v) is 15.5. The minimum absolute atomic E-state index is 0.0469. The lowest BCUT2D eigenvalue weighted by atomic mass is 10.0. The molecule has 0 bridgehead atoms. The molecule has 0 N–H and O–H groups in total. The fourth-order valence-electron chi connectivity index (χ4n) is 5.08. The zero-order valence-electron chi connectivity index (χ0n) is 28.3. The molecule has 0 aliphatic heterocycles. The van der Waals surface area contributed by atoms with E-state index < -0.39 is 40.5 Å². The van der Waals surface area contributed by atoms with E-state index >= 15 is 0 Å². The minimum Gasteiger partial charge on any atom is -0.207 e. The third-order valence-corrected chi connectivity index (χ3v) is 7.89. The Balaban J connectivity index is 0.000000169. The first-order chi connectivity index (χ1) is 23.5. The predicted octanol–water partition coefficient (Wildman–Crippen LogP) is 13.0. The summed E-state index contributed by atoms with van der Waals surface area (Å²) in [5, 5.41) is 0. The molecule has 0 saturated carbocycles. The third-order valence-electron chi connectivity index (χ3n) is 7.89. The Morgan fingerprint density at radius 2 is 0.700 bits per heavy atom. The van der Waals surface area contributed by atoms with Gasteiger partial charge >= 0.3 is 0 Å². The maximum absolute atomic E-state index is 13.7. The summed E-state index contributed by atoms with van der Waals surface area (Å²) in [5.41, 5.74) is 4.36. The first kappa shape index (κ1) is 37.6. The van der Waals surface area contributed by atoms with Crippen molar-refractivity contribution in [2.45, 2.75) is 41.5 Å². The lowest BCUT2D eigenvalue weighted by Crippen LogP contribution is -1.96. The topological polar surface area (TPSA) is 0 Å². The summed E-state index contributed by atoms with van der Waals surface area (Å²) < 4.78 is 108. The first-order valence-electron chi connectivity index (χ1n) is 15.5. The molecule has 0 amide bonds. The van der Waals surface area contributed by atoms with E-state index in [0.717, 1.165) is 35.4 Å². The van der Waals surface area contributed by atoms with Crippen LogP contribution in [-0.2, 0) is 0 Å². The standard InChI is InChI=1S/C14H10F4.2C14H12F2/c1-7-3-12(17)14(13(18)4-7)9-5-10(15)8(2)11(16)6-9;1-9-3-6-12(14(16)7-9)11-5-4-10(2)13(15)8-11;1-9-3-5-11(6-4-9)14-12(15)7-10(2)8-13(14)16/h3-6H,1-2H3;2*3-8H,1-2H3. The number of halogens is 8. The lowest BCUT2D eigenvalue weighted by Gasteiger charge is -2.08. The van der Waals surface area contributed by atoms with Gasteiger partial charge in [0, 0.05) is 11.1 Å². The van der Waals surface area contributed by atoms with Crippen LogP contribution in [0.1, 0.15) is 33.4 Å². The second kappa shape index (κ2) is 16.0. The van der Waals surface area contributed by atoms with Crippen LogP contribution >= 0.6 is 0 Å². The molecule has 0 heterocycles. The summed E-state index contributed by atoms with van der Waals surface area (Å²) in [6.07, 6.45) is 0. The Kier molecular flexibility index (Phi) is 12.0. The molecule has 0 spiro atoms. The maximum Gasteiger partial charge on any atom is 0.134 e. The number of benzene rings is 6. The zero-order chi connectivity index (χ0) is 36.9. The van der Waals surface area contributed by atoms with E-state index in [-0.39, 0.29) is 28.3 Å². The molecule has 0 nitrogen and oxygen atoms in total. The van der Waals surface area contributed by atoms with Crippen molar-refractivity contribution in [1.29, 1.82) is 0 Å². The van der Waals surface area contributed by atoms with Crippen LogP contribution < -0.4 is 0 Å². The molecule has 0 saturated heterocycles. The summed E-state index contributed by atoms with van der Waals surface area (Å²) in [6, 6.07) is 23.6. The number of hydrogen-bond donors (Lipinski definition) is 0. The van der Waals surface area contributed by atoms with Crippen LogP contribution in [0.3, 0.4) is 0 Å². The van der Waals surface area contributed by atoms with Gasteiger partial charge in [-0.05, 0) is 129 Å². The average molecular weight is 691 g/mol. The fraction of sp³-hybridized carbons (Fsp3) is 0.143. The Bertz CT molecular complexity index is 2080. The van der Waals surface area contributed by atoms with E-state index in [9.17, 15) is 35.1 Å². The van der Waals surface area contributed by atoms with Crippen molar-refractivity contribution in [3.05, 3.63) is 177 Å².